The average Bonchev–Trinajstić information content (AvgIpc) is 2.70. The van der Waals surface area contributed by atoms with Crippen LogP contribution in [0.15, 0.2) is 59.5 Å². The van der Waals surface area contributed by atoms with E-state index < -0.39 is 12.1 Å². The number of rotatable bonds is 7. The fourth-order valence-corrected chi connectivity index (χ4v) is 3.09. The van der Waals surface area contributed by atoms with E-state index in [2.05, 4.69) is 5.32 Å². The molecule has 7 heteroatoms. The van der Waals surface area contributed by atoms with Crippen LogP contribution in [0.25, 0.3) is 10.8 Å². The van der Waals surface area contributed by atoms with Gasteiger partial charge in [-0.3, -0.25) is 9.59 Å². The normalized spacial score (nSPS) is 11.7. The number of ether oxygens (including phenoxy) is 2. The Kier molecular flexibility index (Phi) is 6.51. The highest BCUT2D eigenvalue weighted by Gasteiger charge is 2.18. The number of carbonyl (C=O) groups excluding carboxylic acids is 2. The molecule has 3 rings (SSSR count). The standard InChI is InChI=1S/C23H24N2O5/c1-4-29-23(28)16(3)30-20-10-6-9-19-18(20)11-12-25(22(19)27)14-21(26)24-17-8-5-7-15(2)13-17/h5-13,16H,4,14H2,1-3H3,(H,24,26)/t16-/m0/s1. The van der Waals surface area contributed by atoms with Crippen LogP contribution < -0.4 is 15.6 Å². The number of fused-ring (bicyclic) bond motifs is 1. The van der Waals surface area contributed by atoms with Gasteiger partial charge in [0.25, 0.3) is 5.56 Å². The number of nitrogens with zero attached hydrogens (tertiary/aromatic N) is 1. The average molecular weight is 408 g/mol. The maximum atomic E-state index is 12.9. The van der Waals surface area contributed by atoms with Crippen molar-refractivity contribution in [1.29, 1.82) is 0 Å². The Morgan fingerprint density at radius 2 is 1.87 bits per heavy atom. The van der Waals surface area contributed by atoms with E-state index in [0.717, 1.165) is 5.56 Å². The maximum Gasteiger partial charge on any atom is 0.347 e. The molecule has 0 aliphatic carbocycles. The lowest BCUT2D eigenvalue weighted by atomic mass is 10.1. The predicted molar refractivity (Wildman–Crippen MR) is 115 cm³/mol. The fraction of sp³-hybridized carbons (Fsp3) is 0.261. The number of aryl methyl sites for hydroxylation is 1. The zero-order valence-corrected chi connectivity index (χ0v) is 17.2. The second-order valence-electron chi connectivity index (χ2n) is 6.90. The summed E-state index contributed by atoms with van der Waals surface area (Å²) in [5, 5.41) is 3.76. The van der Waals surface area contributed by atoms with Gasteiger partial charge in [0.1, 0.15) is 12.3 Å². The number of aromatic nitrogens is 1. The number of hydrogen-bond acceptors (Lipinski definition) is 5. The Morgan fingerprint density at radius 3 is 2.60 bits per heavy atom. The van der Waals surface area contributed by atoms with E-state index in [1.54, 1.807) is 50.4 Å². The molecule has 1 aromatic heterocycles. The third kappa shape index (κ3) is 4.86. The van der Waals surface area contributed by atoms with Gasteiger partial charge < -0.3 is 19.4 Å². The molecular weight excluding hydrogens is 384 g/mol. The Morgan fingerprint density at radius 1 is 1.10 bits per heavy atom. The van der Waals surface area contributed by atoms with Crippen molar-refractivity contribution in [2.45, 2.75) is 33.4 Å². The minimum absolute atomic E-state index is 0.118. The molecule has 1 N–H and O–H groups in total. The lowest BCUT2D eigenvalue weighted by Crippen LogP contribution is -2.28. The number of esters is 1. The van der Waals surface area contributed by atoms with Crippen LogP contribution in [0.2, 0.25) is 0 Å². The smallest absolute Gasteiger partial charge is 0.347 e. The van der Waals surface area contributed by atoms with E-state index in [1.165, 1.54) is 4.57 Å². The third-order valence-corrected chi connectivity index (χ3v) is 4.52. The van der Waals surface area contributed by atoms with E-state index in [0.29, 0.717) is 22.2 Å². The molecule has 0 bridgehead atoms. The highest BCUT2D eigenvalue weighted by atomic mass is 16.6. The van der Waals surface area contributed by atoms with Gasteiger partial charge in [-0.05, 0) is 56.7 Å². The molecule has 7 nitrogen and oxygen atoms in total. The van der Waals surface area contributed by atoms with Gasteiger partial charge in [0.05, 0.1) is 12.0 Å². The summed E-state index contributed by atoms with van der Waals surface area (Å²) in [4.78, 5) is 37.1. The highest BCUT2D eigenvalue weighted by molar-refractivity contribution is 5.91. The highest BCUT2D eigenvalue weighted by Crippen LogP contribution is 2.24. The fourth-order valence-electron chi connectivity index (χ4n) is 3.09. The number of nitrogens with one attached hydrogen (secondary N) is 1. The largest absolute Gasteiger partial charge is 0.478 e. The number of amides is 1. The number of hydrogen-bond donors (Lipinski definition) is 1. The summed E-state index contributed by atoms with van der Waals surface area (Å²) in [6, 6.07) is 14.2. The quantitative estimate of drug-likeness (QED) is 0.607. The van der Waals surface area contributed by atoms with Crippen LogP contribution in [0.1, 0.15) is 19.4 Å². The van der Waals surface area contributed by atoms with Gasteiger partial charge in [0, 0.05) is 17.3 Å². The monoisotopic (exact) mass is 408 g/mol. The van der Waals surface area contributed by atoms with Gasteiger partial charge >= 0.3 is 5.97 Å². The Bertz CT molecular complexity index is 1140. The lowest BCUT2D eigenvalue weighted by Gasteiger charge is -2.15. The molecule has 0 saturated heterocycles. The first-order chi connectivity index (χ1) is 14.4. The second kappa shape index (κ2) is 9.26. The van der Waals surface area contributed by atoms with Gasteiger partial charge in [0.2, 0.25) is 5.91 Å². The van der Waals surface area contributed by atoms with E-state index in [4.69, 9.17) is 9.47 Å². The van der Waals surface area contributed by atoms with Crippen molar-refractivity contribution in [2.75, 3.05) is 11.9 Å². The summed E-state index contributed by atoms with van der Waals surface area (Å²) < 4.78 is 12.0. The molecule has 0 saturated carbocycles. The summed E-state index contributed by atoms with van der Waals surface area (Å²) in [5.41, 5.74) is 1.39. The van der Waals surface area contributed by atoms with Crippen molar-refractivity contribution < 1.29 is 19.1 Å². The number of pyridine rings is 1. The molecule has 30 heavy (non-hydrogen) atoms. The number of benzene rings is 2. The Balaban J connectivity index is 1.81. The van der Waals surface area contributed by atoms with Crippen LogP contribution in [0.4, 0.5) is 5.69 Å². The van der Waals surface area contributed by atoms with Crippen LogP contribution in [-0.4, -0.2) is 29.2 Å². The minimum Gasteiger partial charge on any atom is -0.478 e. The van der Waals surface area contributed by atoms with Crippen molar-refractivity contribution >= 4 is 28.3 Å². The summed E-state index contributed by atoms with van der Waals surface area (Å²) >= 11 is 0. The predicted octanol–water partition coefficient (Wildman–Crippen LogP) is 3.28. The Hall–Kier alpha value is -3.61. The first kappa shape index (κ1) is 21.1. The molecule has 156 valence electrons. The van der Waals surface area contributed by atoms with Crippen molar-refractivity contribution in [3.8, 4) is 5.75 Å². The van der Waals surface area contributed by atoms with Crippen LogP contribution in [-0.2, 0) is 20.9 Å². The molecule has 0 radical (unpaired) electrons. The van der Waals surface area contributed by atoms with Gasteiger partial charge in [-0.25, -0.2) is 4.79 Å². The first-order valence-electron chi connectivity index (χ1n) is 9.71. The zero-order valence-electron chi connectivity index (χ0n) is 17.2. The molecule has 0 unspecified atom stereocenters. The molecule has 2 aromatic carbocycles. The Labute approximate surface area is 174 Å². The molecule has 0 aliphatic rings. The maximum absolute atomic E-state index is 12.9. The summed E-state index contributed by atoms with van der Waals surface area (Å²) in [5.74, 6) is -0.373. The SMILES string of the molecule is CCOC(=O)[C@H](C)Oc1cccc2c(=O)n(CC(=O)Nc3cccc(C)c3)ccc12. The topological polar surface area (TPSA) is 86.6 Å². The lowest BCUT2D eigenvalue weighted by molar-refractivity contribution is -0.150. The number of carbonyl (C=O) groups is 2. The van der Waals surface area contributed by atoms with Crippen LogP contribution in [0.3, 0.4) is 0 Å². The van der Waals surface area contributed by atoms with Crippen molar-refractivity contribution in [3.05, 3.63) is 70.6 Å². The van der Waals surface area contributed by atoms with Gasteiger partial charge in [-0.15, -0.1) is 0 Å². The summed E-state index contributed by atoms with van der Waals surface area (Å²) in [7, 11) is 0. The molecular formula is C23H24N2O5. The van der Waals surface area contributed by atoms with E-state index in [1.807, 2.05) is 25.1 Å². The minimum atomic E-state index is -0.807. The van der Waals surface area contributed by atoms with Gasteiger partial charge in [0.15, 0.2) is 6.10 Å². The second-order valence-corrected chi connectivity index (χ2v) is 6.90. The van der Waals surface area contributed by atoms with E-state index >= 15 is 0 Å². The summed E-state index contributed by atoms with van der Waals surface area (Å²) in [6.45, 7) is 5.39. The molecule has 3 aromatic rings. The molecule has 0 fully saturated rings. The van der Waals surface area contributed by atoms with E-state index in [-0.39, 0.29) is 24.6 Å². The van der Waals surface area contributed by atoms with Gasteiger partial charge in [-0.1, -0.05) is 18.2 Å². The van der Waals surface area contributed by atoms with Crippen molar-refractivity contribution in [2.24, 2.45) is 0 Å². The molecule has 1 atom stereocenters. The van der Waals surface area contributed by atoms with Crippen LogP contribution >= 0.6 is 0 Å². The molecule has 0 spiro atoms. The summed E-state index contributed by atoms with van der Waals surface area (Å²) in [6.07, 6.45) is 0.737. The van der Waals surface area contributed by atoms with E-state index in [9.17, 15) is 14.4 Å². The first-order valence-corrected chi connectivity index (χ1v) is 9.71. The molecule has 1 amide bonds. The molecule has 0 aliphatic heterocycles. The van der Waals surface area contributed by atoms with Crippen LogP contribution in [0, 0.1) is 6.92 Å². The molecule has 1 heterocycles. The number of anilines is 1. The van der Waals surface area contributed by atoms with Gasteiger partial charge in [-0.2, -0.15) is 0 Å². The van der Waals surface area contributed by atoms with Crippen molar-refractivity contribution in [3.63, 3.8) is 0 Å². The van der Waals surface area contributed by atoms with Crippen LogP contribution in [0.5, 0.6) is 5.75 Å². The zero-order chi connectivity index (χ0) is 21.7. The van der Waals surface area contributed by atoms with Crippen molar-refractivity contribution in [1.82, 2.24) is 4.57 Å². The third-order valence-electron chi connectivity index (χ3n) is 4.52.